The van der Waals surface area contributed by atoms with Gasteiger partial charge in [-0.05, 0) is 32.3 Å². The van der Waals surface area contributed by atoms with Crippen LogP contribution in [0.1, 0.15) is 47.0 Å². The van der Waals surface area contributed by atoms with Crippen LogP contribution >= 0.6 is 0 Å². The third-order valence-corrected chi connectivity index (χ3v) is 9.57. The zero-order valence-corrected chi connectivity index (χ0v) is 22.8. The lowest BCUT2D eigenvalue weighted by Crippen LogP contribution is -2.61. The van der Waals surface area contributed by atoms with Crippen LogP contribution in [0.2, 0.25) is 0 Å². The summed E-state index contributed by atoms with van der Waals surface area (Å²) >= 11 is 0. The fourth-order valence-corrected chi connectivity index (χ4v) is 7.73. The molecule has 2 saturated carbocycles. The number of carbonyl (C=O) groups excluding carboxylic acids is 2. The molecule has 208 valence electrons. The summed E-state index contributed by atoms with van der Waals surface area (Å²) in [4.78, 5) is 26.7. The average molecular weight is 529 g/mol. The molecule has 5 aliphatic rings. The van der Waals surface area contributed by atoms with Crippen LogP contribution in [0.25, 0.3) is 0 Å². The van der Waals surface area contributed by atoms with Crippen molar-refractivity contribution in [1.82, 2.24) is 0 Å². The van der Waals surface area contributed by atoms with Crippen molar-refractivity contribution >= 4 is 11.8 Å². The first-order valence-corrected chi connectivity index (χ1v) is 13.7. The van der Waals surface area contributed by atoms with Crippen LogP contribution in [0.4, 0.5) is 0 Å². The van der Waals surface area contributed by atoms with Gasteiger partial charge in [0, 0.05) is 42.8 Å². The zero-order valence-electron chi connectivity index (χ0n) is 22.8. The van der Waals surface area contributed by atoms with E-state index in [1.54, 1.807) is 20.1 Å². The number of aliphatic hydroxyl groups excluding tert-OH is 2. The number of carbonyl (C=O) groups is 2. The van der Waals surface area contributed by atoms with Gasteiger partial charge in [-0.15, -0.1) is 0 Å². The highest BCUT2D eigenvalue weighted by atomic mass is 16.6. The summed E-state index contributed by atoms with van der Waals surface area (Å²) in [5, 5.41) is 22.3. The predicted molar refractivity (Wildman–Crippen MR) is 139 cm³/mol. The van der Waals surface area contributed by atoms with Gasteiger partial charge in [-0.1, -0.05) is 44.7 Å². The minimum atomic E-state index is -0.960. The highest BCUT2D eigenvalue weighted by molar-refractivity contribution is 5.90. The summed E-state index contributed by atoms with van der Waals surface area (Å²) in [5.41, 5.74) is 0.474. The lowest BCUT2D eigenvalue weighted by molar-refractivity contribution is -0.168. The molecule has 3 fully saturated rings. The predicted octanol–water partition coefficient (Wildman–Crippen LogP) is 3.03. The molecule has 8 nitrogen and oxygen atoms in total. The van der Waals surface area contributed by atoms with Crippen LogP contribution in [0.5, 0.6) is 0 Å². The van der Waals surface area contributed by atoms with Crippen LogP contribution in [-0.4, -0.2) is 71.3 Å². The smallest absolute Gasteiger partial charge is 0.334 e. The van der Waals surface area contributed by atoms with Crippen molar-refractivity contribution in [3.8, 4) is 0 Å². The van der Waals surface area contributed by atoms with Gasteiger partial charge in [0.05, 0.1) is 23.7 Å². The third-order valence-electron chi connectivity index (χ3n) is 9.57. The molecule has 38 heavy (non-hydrogen) atoms. The summed E-state index contributed by atoms with van der Waals surface area (Å²) in [7, 11) is 1.57. The first kappa shape index (κ1) is 27.3. The number of methoxy groups -OCH3 is 1. The Bertz CT molecular complexity index is 1090. The standard InChI is InChI=1S/C30H40O8/c1-14-11-15(2)30-20(13-22(35-6)18(5)36-26(14)17(4)31)12-21(32)23-24(30)25(33)16(3)27(28(23)38-30)37-29(34)19-9-7-8-10-19/h7-9,11,14,16-17,20,22-28,31,33H,5,10,12-13H2,1-4,6H3/b15-11+/t14-,16-,17-,20-,22+,23-,24+,25-,26+,27-,28-,30+/m1/s1. The van der Waals surface area contributed by atoms with E-state index >= 15 is 0 Å². The molecule has 0 amide bonds. The molecule has 8 heteroatoms. The molecular formula is C30H40O8. The summed E-state index contributed by atoms with van der Waals surface area (Å²) in [6.07, 6.45) is 4.41. The molecular weight excluding hydrogens is 488 g/mol. The van der Waals surface area contributed by atoms with Crippen LogP contribution in [0.3, 0.4) is 0 Å². The quantitative estimate of drug-likeness (QED) is 0.423. The zero-order chi connectivity index (χ0) is 27.5. The van der Waals surface area contributed by atoms with E-state index in [2.05, 4.69) is 6.58 Å². The first-order chi connectivity index (χ1) is 18.0. The van der Waals surface area contributed by atoms with Gasteiger partial charge >= 0.3 is 5.97 Å². The Labute approximate surface area is 224 Å². The van der Waals surface area contributed by atoms with Gasteiger partial charge in [-0.3, -0.25) is 4.79 Å². The van der Waals surface area contributed by atoms with Crippen LogP contribution < -0.4 is 0 Å². The molecule has 0 radical (unpaired) electrons. The second-order valence-electron chi connectivity index (χ2n) is 11.8. The second-order valence-corrected chi connectivity index (χ2v) is 11.8. The van der Waals surface area contributed by atoms with Crippen LogP contribution in [-0.2, 0) is 28.5 Å². The van der Waals surface area contributed by atoms with Crippen molar-refractivity contribution < 1.29 is 38.7 Å². The Morgan fingerprint density at radius 3 is 2.68 bits per heavy atom. The average Bonchev–Trinajstić information content (AvgIpc) is 3.49. The van der Waals surface area contributed by atoms with Gasteiger partial charge in [-0.25, -0.2) is 4.79 Å². The number of Topliss-reactive ketones (excluding diaryl/α,β-unsaturated/α-hetero) is 1. The fourth-order valence-electron chi connectivity index (χ4n) is 7.73. The van der Waals surface area contributed by atoms with E-state index in [4.69, 9.17) is 18.9 Å². The number of ketones is 1. The van der Waals surface area contributed by atoms with Gasteiger partial charge in [0.25, 0.3) is 0 Å². The molecule has 0 aromatic heterocycles. The number of hydrogen-bond acceptors (Lipinski definition) is 8. The minimum Gasteiger partial charge on any atom is -0.489 e. The van der Waals surface area contributed by atoms with Crippen molar-refractivity contribution in [3.05, 3.63) is 47.8 Å². The summed E-state index contributed by atoms with van der Waals surface area (Å²) in [6, 6.07) is 0. The number of rotatable bonds is 4. The second kappa shape index (κ2) is 10.0. The molecule has 0 aromatic rings. The van der Waals surface area contributed by atoms with Crippen molar-refractivity contribution in [3.63, 3.8) is 0 Å². The van der Waals surface area contributed by atoms with E-state index in [1.165, 1.54) is 0 Å². The molecule has 1 saturated heterocycles. The maximum atomic E-state index is 13.7. The molecule has 4 bridgehead atoms. The van der Waals surface area contributed by atoms with E-state index in [1.807, 2.05) is 39.0 Å². The van der Waals surface area contributed by atoms with Crippen molar-refractivity contribution in [2.24, 2.45) is 29.6 Å². The molecule has 2 aliphatic heterocycles. The van der Waals surface area contributed by atoms with Crippen LogP contribution in [0.15, 0.2) is 47.8 Å². The van der Waals surface area contributed by atoms with E-state index < -0.39 is 65.9 Å². The maximum absolute atomic E-state index is 13.7. The largest absolute Gasteiger partial charge is 0.489 e. The lowest BCUT2D eigenvalue weighted by atomic mass is 9.54. The SMILES string of the molecule is C=C1O[C@H]([C@@H](C)O)[C@H](C)/C=C(\C)[C@@]23O[C@H]4[C@H](OC(=O)C5=CC=CC5)[C@H](C)[C@@H](O)[C@@H]2[C@H]4C(=O)C[C@@H]3C[C@@H]1OC. The topological polar surface area (TPSA) is 112 Å². The highest BCUT2D eigenvalue weighted by Crippen LogP contribution is 2.62. The van der Waals surface area contributed by atoms with Gasteiger partial charge in [-0.2, -0.15) is 0 Å². The van der Waals surface area contributed by atoms with E-state index in [9.17, 15) is 19.8 Å². The Kier molecular flexibility index (Phi) is 7.22. The Balaban J connectivity index is 1.59. The van der Waals surface area contributed by atoms with E-state index in [-0.39, 0.29) is 24.0 Å². The Morgan fingerprint density at radius 1 is 1.32 bits per heavy atom. The molecule has 0 aromatic carbocycles. The molecule has 5 rings (SSSR count). The third kappa shape index (κ3) is 4.12. The summed E-state index contributed by atoms with van der Waals surface area (Å²) in [5.74, 6) is -2.07. The van der Waals surface area contributed by atoms with Crippen LogP contribution in [0, 0.1) is 29.6 Å². The Morgan fingerprint density at radius 2 is 2.05 bits per heavy atom. The monoisotopic (exact) mass is 528 g/mol. The molecule has 2 heterocycles. The molecule has 12 atom stereocenters. The lowest BCUT2D eigenvalue weighted by Gasteiger charge is -2.50. The van der Waals surface area contributed by atoms with Crippen molar-refractivity contribution in [2.45, 2.75) is 89.2 Å². The van der Waals surface area contributed by atoms with Gasteiger partial charge in [0.15, 0.2) is 0 Å². The normalized spacial score (nSPS) is 46.4. The minimum absolute atomic E-state index is 0.00743. The maximum Gasteiger partial charge on any atom is 0.334 e. The number of ether oxygens (including phenoxy) is 4. The van der Waals surface area contributed by atoms with Crippen molar-refractivity contribution in [1.29, 1.82) is 0 Å². The summed E-state index contributed by atoms with van der Waals surface area (Å²) < 4.78 is 24.8. The van der Waals surface area contributed by atoms with E-state index in [0.29, 0.717) is 24.2 Å². The number of hydrogen-bond donors (Lipinski definition) is 2. The number of esters is 1. The van der Waals surface area contributed by atoms with Crippen molar-refractivity contribution in [2.75, 3.05) is 7.11 Å². The highest BCUT2D eigenvalue weighted by Gasteiger charge is 2.72. The number of allylic oxidation sites excluding steroid dienone is 3. The molecule has 1 spiro atoms. The van der Waals surface area contributed by atoms with Gasteiger partial charge in [0.2, 0.25) is 0 Å². The molecule has 3 aliphatic carbocycles. The number of aliphatic hydroxyl groups is 2. The van der Waals surface area contributed by atoms with E-state index in [0.717, 1.165) is 5.57 Å². The fraction of sp³-hybridized carbons (Fsp3) is 0.667. The first-order valence-electron chi connectivity index (χ1n) is 13.7. The molecule has 2 N–H and O–H groups in total. The van der Waals surface area contributed by atoms with Gasteiger partial charge < -0.3 is 29.2 Å². The Hall–Kier alpha value is -2.26. The van der Waals surface area contributed by atoms with Gasteiger partial charge in [0.1, 0.15) is 36.0 Å². The molecule has 0 unspecified atom stereocenters. The summed E-state index contributed by atoms with van der Waals surface area (Å²) in [6.45, 7) is 11.6.